The highest BCUT2D eigenvalue weighted by atomic mass is 32.2. The highest BCUT2D eigenvalue weighted by Crippen LogP contribution is 2.19. The van der Waals surface area contributed by atoms with E-state index in [0.29, 0.717) is 18.8 Å². The summed E-state index contributed by atoms with van der Waals surface area (Å²) in [5.41, 5.74) is 0. The van der Waals surface area contributed by atoms with Crippen molar-refractivity contribution in [1.82, 2.24) is 18.2 Å². The van der Waals surface area contributed by atoms with E-state index in [9.17, 15) is 21.6 Å². The normalized spacial score (nSPS) is 17.0. The summed E-state index contributed by atoms with van der Waals surface area (Å²) in [7, 11) is -6.02. The van der Waals surface area contributed by atoms with E-state index in [-0.39, 0.29) is 42.9 Å². The second-order valence-electron chi connectivity index (χ2n) is 7.83. The third kappa shape index (κ3) is 5.98. The van der Waals surface area contributed by atoms with Gasteiger partial charge < -0.3 is 9.64 Å². The van der Waals surface area contributed by atoms with Crippen LogP contribution in [0.2, 0.25) is 0 Å². The van der Waals surface area contributed by atoms with E-state index in [2.05, 4.69) is 4.72 Å². The number of carbonyl (C=O) groups is 1. The van der Waals surface area contributed by atoms with Crippen LogP contribution in [0.15, 0.2) is 29.2 Å². The minimum atomic E-state index is -3.93. The van der Waals surface area contributed by atoms with E-state index in [0.717, 1.165) is 0 Å². The molecule has 1 aromatic rings. The number of piperazine rings is 1. The molecule has 1 aromatic carbocycles. The van der Waals surface area contributed by atoms with Crippen LogP contribution in [0.1, 0.15) is 27.7 Å². The average Bonchev–Trinajstić information content (AvgIpc) is 2.77. The topological polar surface area (TPSA) is 116 Å². The van der Waals surface area contributed by atoms with Crippen LogP contribution in [0.25, 0.3) is 0 Å². The van der Waals surface area contributed by atoms with Gasteiger partial charge in [-0.05, 0) is 30.2 Å². The summed E-state index contributed by atoms with van der Waals surface area (Å²) >= 11 is 0. The number of carbonyl (C=O) groups excluding carboxylic acids is 1. The fraction of sp³-hybridized carbons (Fsp3) is 0.650. The SMILES string of the molecule is CCN(CC)S(=O)(=O)N1CCN(C(=O)[C@@H](NS(=O)(=O)c2ccc(OC)cc2)C(C)C)CC1. The van der Waals surface area contributed by atoms with Gasteiger partial charge in [0.25, 0.3) is 10.2 Å². The van der Waals surface area contributed by atoms with Crippen LogP contribution < -0.4 is 9.46 Å². The first-order valence-corrected chi connectivity index (χ1v) is 13.6. The molecule has 2 rings (SSSR count). The lowest BCUT2D eigenvalue weighted by Crippen LogP contribution is -2.58. The number of nitrogens with one attached hydrogen (secondary N) is 1. The van der Waals surface area contributed by atoms with Gasteiger partial charge in [-0.1, -0.05) is 27.7 Å². The number of hydrogen-bond donors (Lipinski definition) is 1. The number of nitrogens with zero attached hydrogens (tertiary/aromatic N) is 3. The molecule has 0 unspecified atom stereocenters. The van der Waals surface area contributed by atoms with Crippen molar-refractivity contribution in [3.05, 3.63) is 24.3 Å². The minimum Gasteiger partial charge on any atom is -0.497 e. The lowest BCUT2D eigenvalue weighted by atomic mass is 10.0. The van der Waals surface area contributed by atoms with Crippen LogP contribution >= 0.6 is 0 Å². The van der Waals surface area contributed by atoms with Crippen LogP contribution in [0.4, 0.5) is 0 Å². The Kier molecular flexibility index (Phi) is 9.06. The molecule has 12 heteroatoms. The van der Waals surface area contributed by atoms with Crippen molar-refractivity contribution >= 4 is 26.1 Å². The summed E-state index contributed by atoms with van der Waals surface area (Å²) in [6, 6.07) is 4.94. The maximum atomic E-state index is 13.2. The summed E-state index contributed by atoms with van der Waals surface area (Å²) in [6.45, 7) is 8.58. The van der Waals surface area contributed by atoms with Gasteiger partial charge in [-0.15, -0.1) is 0 Å². The van der Waals surface area contributed by atoms with E-state index >= 15 is 0 Å². The Morgan fingerprint density at radius 1 is 1.03 bits per heavy atom. The molecule has 1 atom stereocenters. The molecule has 0 bridgehead atoms. The molecule has 32 heavy (non-hydrogen) atoms. The second-order valence-corrected chi connectivity index (χ2v) is 11.5. The van der Waals surface area contributed by atoms with Gasteiger partial charge in [-0.25, -0.2) is 8.42 Å². The standard InChI is InChI=1S/C20H34N4O6S2/c1-6-23(7-2)32(28,29)24-14-12-22(13-15-24)20(25)19(16(3)4)21-31(26,27)18-10-8-17(30-5)9-11-18/h8-11,16,19,21H,6-7,12-15H2,1-5H3/t19-/m0/s1. The van der Waals surface area contributed by atoms with Crippen LogP contribution in [-0.4, -0.2) is 88.7 Å². The van der Waals surface area contributed by atoms with Crippen molar-refractivity contribution in [2.45, 2.75) is 38.6 Å². The predicted molar refractivity (Wildman–Crippen MR) is 122 cm³/mol. The molecule has 1 heterocycles. The molecule has 10 nitrogen and oxygen atoms in total. The van der Waals surface area contributed by atoms with Crippen molar-refractivity contribution in [3.63, 3.8) is 0 Å². The number of sulfonamides is 1. The summed E-state index contributed by atoms with van der Waals surface area (Å²) in [5.74, 6) is -0.136. The number of amides is 1. The molecule has 182 valence electrons. The Morgan fingerprint density at radius 2 is 1.56 bits per heavy atom. The van der Waals surface area contributed by atoms with Gasteiger partial charge in [-0.2, -0.15) is 21.8 Å². The van der Waals surface area contributed by atoms with Gasteiger partial charge in [0.15, 0.2) is 0 Å². The van der Waals surface area contributed by atoms with Crippen LogP contribution in [0, 0.1) is 5.92 Å². The molecule has 0 aromatic heterocycles. The summed E-state index contributed by atoms with van der Waals surface area (Å²) < 4.78 is 61.4. The van der Waals surface area contributed by atoms with E-state index in [1.807, 2.05) is 0 Å². The first kappa shape index (κ1) is 26.5. The minimum absolute atomic E-state index is 0.0342. The molecular weight excluding hydrogens is 456 g/mol. The van der Waals surface area contributed by atoms with Gasteiger partial charge in [0.2, 0.25) is 15.9 Å². The molecule has 1 fully saturated rings. The summed E-state index contributed by atoms with van der Waals surface area (Å²) in [5, 5.41) is 0. The molecule has 0 aliphatic carbocycles. The Bertz CT molecular complexity index is 968. The Balaban J connectivity index is 2.11. The number of methoxy groups -OCH3 is 1. The summed E-state index contributed by atoms with van der Waals surface area (Å²) in [6.07, 6.45) is 0. The Morgan fingerprint density at radius 3 is 2.00 bits per heavy atom. The molecule has 0 spiro atoms. The molecule has 1 saturated heterocycles. The third-order valence-electron chi connectivity index (χ3n) is 5.49. The first-order valence-electron chi connectivity index (χ1n) is 10.7. The molecule has 0 radical (unpaired) electrons. The van der Waals surface area contributed by atoms with Gasteiger partial charge in [0, 0.05) is 39.3 Å². The van der Waals surface area contributed by atoms with Crippen molar-refractivity contribution < 1.29 is 26.4 Å². The first-order chi connectivity index (χ1) is 15.0. The van der Waals surface area contributed by atoms with E-state index in [1.165, 1.54) is 44.9 Å². The molecular formula is C20H34N4O6S2. The quantitative estimate of drug-likeness (QED) is 0.517. The van der Waals surface area contributed by atoms with Gasteiger partial charge >= 0.3 is 0 Å². The monoisotopic (exact) mass is 490 g/mol. The van der Waals surface area contributed by atoms with Gasteiger partial charge in [0.1, 0.15) is 11.8 Å². The van der Waals surface area contributed by atoms with E-state index < -0.39 is 26.3 Å². The second kappa shape index (κ2) is 10.9. The Hall–Kier alpha value is -1.73. The molecule has 1 amide bonds. The van der Waals surface area contributed by atoms with E-state index in [4.69, 9.17) is 4.74 Å². The molecule has 1 aliphatic heterocycles. The molecule has 1 N–H and O–H groups in total. The lowest BCUT2D eigenvalue weighted by Gasteiger charge is -2.38. The maximum Gasteiger partial charge on any atom is 0.282 e. The van der Waals surface area contributed by atoms with Crippen LogP contribution in [-0.2, 0) is 25.0 Å². The van der Waals surface area contributed by atoms with Gasteiger partial charge in [0.05, 0.1) is 12.0 Å². The van der Waals surface area contributed by atoms with Crippen molar-refractivity contribution in [2.75, 3.05) is 46.4 Å². The largest absolute Gasteiger partial charge is 0.497 e. The number of hydrogen-bond acceptors (Lipinski definition) is 6. The van der Waals surface area contributed by atoms with Crippen molar-refractivity contribution in [1.29, 1.82) is 0 Å². The smallest absolute Gasteiger partial charge is 0.282 e. The van der Waals surface area contributed by atoms with Crippen molar-refractivity contribution in [3.8, 4) is 5.75 Å². The lowest BCUT2D eigenvalue weighted by molar-refractivity contribution is -0.135. The fourth-order valence-electron chi connectivity index (χ4n) is 3.51. The Labute approximate surface area is 191 Å². The number of ether oxygens (including phenoxy) is 1. The molecule has 0 saturated carbocycles. The van der Waals surface area contributed by atoms with Crippen LogP contribution in [0.5, 0.6) is 5.75 Å². The predicted octanol–water partition coefficient (Wildman–Crippen LogP) is 0.729. The maximum absolute atomic E-state index is 13.2. The zero-order valence-electron chi connectivity index (χ0n) is 19.3. The third-order valence-corrected chi connectivity index (χ3v) is 9.14. The zero-order chi connectivity index (χ0) is 24.1. The van der Waals surface area contributed by atoms with E-state index in [1.54, 1.807) is 27.7 Å². The summed E-state index contributed by atoms with van der Waals surface area (Å²) in [4.78, 5) is 14.7. The highest BCUT2D eigenvalue weighted by Gasteiger charge is 2.36. The highest BCUT2D eigenvalue weighted by molar-refractivity contribution is 7.89. The fourth-order valence-corrected chi connectivity index (χ4v) is 6.45. The zero-order valence-corrected chi connectivity index (χ0v) is 20.9. The van der Waals surface area contributed by atoms with Crippen molar-refractivity contribution in [2.24, 2.45) is 5.92 Å². The average molecular weight is 491 g/mol. The number of rotatable bonds is 10. The number of benzene rings is 1. The molecule has 1 aliphatic rings. The van der Waals surface area contributed by atoms with Gasteiger partial charge in [-0.3, -0.25) is 4.79 Å². The van der Waals surface area contributed by atoms with Crippen LogP contribution in [0.3, 0.4) is 0 Å².